The summed E-state index contributed by atoms with van der Waals surface area (Å²) in [4.78, 5) is 23.2. The van der Waals surface area contributed by atoms with Crippen LogP contribution in [0.15, 0.2) is 24.4 Å². The second kappa shape index (κ2) is 5.66. The normalized spacial score (nSPS) is 10.2. The number of hydrogen-bond donors (Lipinski definition) is 3. The second-order valence-electron chi connectivity index (χ2n) is 4.81. The molecule has 7 heteroatoms. The van der Waals surface area contributed by atoms with Crippen molar-refractivity contribution in [2.45, 2.75) is 13.8 Å². The Labute approximate surface area is 122 Å². The minimum atomic E-state index is -0.697. The van der Waals surface area contributed by atoms with Gasteiger partial charge < -0.3 is 16.4 Å². The van der Waals surface area contributed by atoms with Crippen LogP contribution in [0, 0.1) is 13.8 Å². The summed E-state index contributed by atoms with van der Waals surface area (Å²) in [5.74, 6) is -0.697. The van der Waals surface area contributed by atoms with E-state index in [1.807, 2.05) is 26.0 Å². The lowest BCUT2D eigenvalue weighted by molar-refractivity contribution is 0.0995. The number of urea groups is 1. The molecule has 0 unspecified atom stereocenters. The maximum atomic E-state index is 12.0. The Balaban J connectivity index is 2.11. The standard InChI is InChI=1S/C14H17N5O2/c1-8-4-5-10(6-9(8)2)16-14(21)17-11-7-19(3)18-12(11)13(15)20/h4-7H,1-3H3,(H2,15,20)(H2,16,17,21). The second-order valence-corrected chi connectivity index (χ2v) is 4.81. The Morgan fingerprint density at radius 2 is 1.90 bits per heavy atom. The van der Waals surface area contributed by atoms with Crippen LogP contribution >= 0.6 is 0 Å². The lowest BCUT2D eigenvalue weighted by Crippen LogP contribution is -2.22. The molecule has 0 bridgehead atoms. The van der Waals surface area contributed by atoms with Gasteiger partial charge in [0.2, 0.25) is 0 Å². The van der Waals surface area contributed by atoms with Crippen molar-refractivity contribution in [1.29, 1.82) is 0 Å². The number of aryl methyl sites for hydroxylation is 3. The van der Waals surface area contributed by atoms with Crippen LogP contribution in [0.3, 0.4) is 0 Å². The number of nitrogens with zero attached hydrogens (tertiary/aromatic N) is 2. The van der Waals surface area contributed by atoms with Crippen LogP contribution in [-0.2, 0) is 7.05 Å². The molecule has 4 N–H and O–H groups in total. The lowest BCUT2D eigenvalue weighted by Gasteiger charge is -2.08. The highest BCUT2D eigenvalue weighted by molar-refractivity contribution is 6.05. The van der Waals surface area contributed by atoms with Gasteiger partial charge in [0.1, 0.15) is 0 Å². The van der Waals surface area contributed by atoms with E-state index in [1.165, 1.54) is 10.9 Å². The Morgan fingerprint density at radius 1 is 1.19 bits per heavy atom. The molecule has 0 aliphatic rings. The molecule has 110 valence electrons. The van der Waals surface area contributed by atoms with E-state index in [0.29, 0.717) is 5.69 Å². The summed E-state index contributed by atoms with van der Waals surface area (Å²) >= 11 is 0. The molecular weight excluding hydrogens is 270 g/mol. The zero-order chi connectivity index (χ0) is 15.6. The highest BCUT2D eigenvalue weighted by Crippen LogP contribution is 2.16. The fourth-order valence-corrected chi connectivity index (χ4v) is 1.87. The molecular formula is C14H17N5O2. The van der Waals surface area contributed by atoms with Gasteiger partial charge in [-0.2, -0.15) is 5.10 Å². The molecule has 2 aromatic rings. The third kappa shape index (κ3) is 3.38. The number of aromatic nitrogens is 2. The lowest BCUT2D eigenvalue weighted by atomic mass is 10.1. The van der Waals surface area contributed by atoms with Gasteiger partial charge >= 0.3 is 6.03 Å². The maximum absolute atomic E-state index is 12.0. The molecule has 1 aromatic carbocycles. The van der Waals surface area contributed by atoms with Crippen molar-refractivity contribution in [2.75, 3.05) is 10.6 Å². The number of nitrogens with one attached hydrogen (secondary N) is 2. The van der Waals surface area contributed by atoms with Crippen LogP contribution in [0.25, 0.3) is 0 Å². The molecule has 0 fully saturated rings. The van der Waals surface area contributed by atoms with E-state index in [4.69, 9.17) is 5.73 Å². The number of anilines is 2. The van der Waals surface area contributed by atoms with E-state index in [2.05, 4.69) is 15.7 Å². The molecule has 0 saturated carbocycles. The number of rotatable bonds is 3. The molecule has 0 aliphatic heterocycles. The molecule has 0 aliphatic carbocycles. The first-order valence-electron chi connectivity index (χ1n) is 6.35. The first-order chi connectivity index (χ1) is 9.86. The molecule has 2 rings (SSSR count). The summed E-state index contributed by atoms with van der Waals surface area (Å²) in [6.45, 7) is 3.96. The van der Waals surface area contributed by atoms with Crippen LogP contribution in [-0.4, -0.2) is 21.7 Å². The van der Waals surface area contributed by atoms with Gasteiger partial charge in [-0.3, -0.25) is 9.48 Å². The van der Waals surface area contributed by atoms with Gasteiger partial charge in [-0.25, -0.2) is 4.79 Å². The first kappa shape index (κ1) is 14.6. The van der Waals surface area contributed by atoms with Gasteiger partial charge in [-0.1, -0.05) is 6.07 Å². The van der Waals surface area contributed by atoms with E-state index >= 15 is 0 Å². The zero-order valence-electron chi connectivity index (χ0n) is 12.1. The van der Waals surface area contributed by atoms with Gasteiger partial charge in [0, 0.05) is 18.9 Å². The summed E-state index contributed by atoms with van der Waals surface area (Å²) < 4.78 is 1.41. The molecule has 7 nitrogen and oxygen atoms in total. The summed E-state index contributed by atoms with van der Waals surface area (Å²) in [7, 11) is 1.64. The molecule has 21 heavy (non-hydrogen) atoms. The molecule has 1 heterocycles. The Kier molecular flexibility index (Phi) is 3.93. The molecule has 0 atom stereocenters. The maximum Gasteiger partial charge on any atom is 0.323 e. The van der Waals surface area contributed by atoms with Crippen LogP contribution in [0.1, 0.15) is 21.6 Å². The van der Waals surface area contributed by atoms with E-state index in [1.54, 1.807) is 13.1 Å². The number of benzene rings is 1. The number of nitrogens with two attached hydrogens (primary N) is 1. The van der Waals surface area contributed by atoms with E-state index < -0.39 is 11.9 Å². The fourth-order valence-electron chi connectivity index (χ4n) is 1.87. The van der Waals surface area contributed by atoms with Gasteiger partial charge in [0.25, 0.3) is 5.91 Å². The number of primary amides is 1. The highest BCUT2D eigenvalue weighted by Gasteiger charge is 2.15. The third-order valence-electron chi connectivity index (χ3n) is 3.08. The zero-order valence-corrected chi connectivity index (χ0v) is 12.1. The minimum absolute atomic E-state index is 0.0211. The Morgan fingerprint density at radius 3 is 2.52 bits per heavy atom. The van der Waals surface area contributed by atoms with Gasteiger partial charge in [-0.15, -0.1) is 0 Å². The Bertz CT molecular complexity index is 705. The molecule has 0 spiro atoms. The summed E-state index contributed by atoms with van der Waals surface area (Å²) in [6, 6.07) is 5.13. The minimum Gasteiger partial charge on any atom is -0.364 e. The van der Waals surface area contributed by atoms with E-state index in [-0.39, 0.29) is 11.4 Å². The largest absolute Gasteiger partial charge is 0.364 e. The summed E-state index contributed by atoms with van der Waals surface area (Å²) in [5, 5.41) is 9.15. The molecule has 0 radical (unpaired) electrons. The summed E-state index contributed by atoms with van der Waals surface area (Å²) in [6.07, 6.45) is 1.51. The van der Waals surface area contributed by atoms with Crippen molar-refractivity contribution in [2.24, 2.45) is 12.8 Å². The predicted molar refractivity (Wildman–Crippen MR) is 80.3 cm³/mol. The highest BCUT2D eigenvalue weighted by atomic mass is 16.2. The fraction of sp³-hybridized carbons (Fsp3) is 0.214. The van der Waals surface area contributed by atoms with Crippen molar-refractivity contribution in [3.05, 3.63) is 41.2 Å². The van der Waals surface area contributed by atoms with Crippen molar-refractivity contribution in [1.82, 2.24) is 9.78 Å². The van der Waals surface area contributed by atoms with Gasteiger partial charge in [0.15, 0.2) is 5.69 Å². The predicted octanol–water partition coefficient (Wildman–Crippen LogP) is 1.78. The monoisotopic (exact) mass is 287 g/mol. The number of carbonyl (C=O) groups excluding carboxylic acids is 2. The smallest absolute Gasteiger partial charge is 0.323 e. The first-order valence-corrected chi connectivity index (χ1v) is 6.35. The average Bonchev–Trinajstić information content (AvgIpc) is 2.75. The molecule has 1 aromatic heterocycles. The average molecular weight is 287 g/mol. The number of carbonyl (C=O) groups is 2. The topological polar surface area (TPSA) is 102 Å². The summed E-state index contributed by atoms with van der Waals surface area (Å²) in [5.41, 5.74) is 8.38. The number of hydrogen-bond acceptors (Lipinski definition) is 3. The van der Waals surface area contributed by atoms with E-state index in [9.17, 15) is 9.59 Å². The van der Waals surface area contributed by atoms with Crippen LogP contribution < -0.4 is 16.4 Å². The molecule has 0 saturated heterocycles. The van der Waals surface area contributed by atoms with E-state index in [0.717, 1.165) is 11.1 Å². The van der Waals surface area contributed by atoms with Gasteiger partial charge in [0.05, 0.1) is 5.69 Å². The van der Waals surface area contributed by atoms with Crippen molar-refractivity contribution in [3.8, 4) is 0 Å². The van der Waals surface area contributed by atoms with Crippen LogP contribution in [0.4, 0.5) is 16.2 Å². The SMILES string of the molecule is Cc1ccc(NC(=O)Nc2cn(C)nc2C(N)=O)cc1C. The Hall–Kier alpha value is -2.83. The molecule has 3 amide bonds. The third-order valence-corrected chi connectivity index (χ3v) is 3.08. The van der Waals surface area contributed by atoms with Crippen LogP contribution in [0.2, 0.25) is 0 Å². The van der Waals surface area contributed by atoms with Crippen molar-refractivity contribution in [3.63, 3.8) is 0 Å². The van der Waals surface area contributed by atoms with Crippen LogP contribution in [0.5, 0.6) is 0 Å². The van der Waals surface area contributed by atoms with Crippen molar-refractivity contribution < 1.29 is 9.59 Å². The van der Waals surface area contributed by atoms with Crippen molar-refractivity contribution >= 4 is 23.3 Å². The number of amides is 3. The quantitative estimate of drug-likeness (QED) is 0.801. The van der Waals surface area contributed by atoms with Gasteiger partial charge in [-0.05, 0) is 37.1 Å².